The molecule has 4 N–H and O–H groups in total. The van der Waals surface area contributed by atoms with Crippen LogP contribution in [0.5, 0.6) is 11.5 Å². The van der Waals surface area contributed by atoms with Gasteiger partial charge in [-0.1, -0.05) is 20.8 Å². The van der Waals surface area contributed by atoms with E-state index in [0.29, 0.717) is 11.4 Å². The molecule has 1 rings (SSSR count). The van der Waals surface area contributed by atoms with Gasteiger partial charge < -0.3 is 20.9 Å². The summed E-state index contributed by atoms with van der Waals surface area (Å²) in [6.07, 6.45) is 1.03. The molecule has 0 heterocycles. The van der Waals surface area contributed by atoms with Gasteiger partial charge in [0, 0.05) is 24.2 Å². The molecule has 5 nitrogen and oxygen atoms in total. The number of phenols is 1. The number of phenolic OH excluding ortho intramolecular Hbond substituents is 1. The van der Waals surface area contributed by atoms with Crippen LogP contribution in [0.15, 0.2) is 18.2 Å². The maximum absolute atomic E-state index is 11.9. The molecule has 0 saturated heterocycles. The van der Waals surface area contributed by atoms with E-state index < -0.39 is 0 Å². The Kier molecular flexibility index (Phi) is 5.39. The molecule has 112 valence electrons. The number of aromatic hydroxyl groups is 1. The van der Waals surface area contributed by atoms with Crippen molar-refractivity contribution in [1.82, 2.24) is 0 Å². The topological polar surface area (TPSA) is 84.6 Å². The van der Waals surface area contributed by atoms with Gasteiger partial charge in [0.05, 0.1) is 7.11 Å². The molecule has 20 heavy (non-hydrogen) atoms. The van der Waals surface area contributed by atoms with Crippen molar-refractivity contribution in [3.63, 3.8) is 0 Å². The number of ether oxygens (including phenoxy) is 1. The van der Waals surface area contributed by atoms with E-state index in [-0.39, 0.29) is 29.5 Å². The molecule has 0 aliphatic heterocycles. The van der Waals surface area contributed by atoms with E-state index in [9.17, 15) is 9.90 Å². The van der Waals surface area contributed by atoms with Gasteiger partial charge >= 0.3 is 0 Å². The fourth-order valence-electron chi connectivity index (χ4n) is 2.08. The Morgan fingerprint density at radius 2 is 2.10 bits per heavy atom. The third kappa shape index (κ3) is 5.48. The van der Waals surface area contributed by atoms with Crippen molar-refractivity contribution in [1.29, 1.82) is 0 Å². The Bertz CT molecular complexity index is 467. The summed E-state index contributed by atoms with van der Waals surface area (Å²) in [7, 11) is 1.47. The van der Waals surface area contributed by atoms with E-state index in [1.54, 1.807) is 12.1 Å². The number of nitrogens with two attached hydrogens (primary N) is 1. The van der Waals surface area contributed by atoms with E-state index in [1.807, 2.05) is 0 Å². The molecule has 0 spiro atoms. The molecule has 1 atom stereocenters. The molecule has 1 amide bonds. The molecule has 5 heteroatoms. The molecule has 1 aromatic carbocycles. The third-order valence-corrected chi connectivity index (χ3v) is 2.78. The Hall–Kier alpha value is -1.75. The molecule has 1 aromatic rings. The predicted molar refractivity (Wildman–Crippen MR) is 80.0 cm³/mol. The number of carbonyl (C=O) groups excluding carboxylic acids is 1. The van der Waals surface area contributed by atoms with Gasteiger partial charge in [-0.05, 0) is 24.0 Å². The van der Waals surface area contributed by atoms with Gasteiger partial charge in [-0.15, -0.1) is 0 Å². The second-order valence-electron chi connectivity index (χ2n) is 6.16. The highest BCUT2D eigenvalue weighted by molar-refractivity contribution is 5.91. The van der Waals surface area contributed by atoms with Crippen LogP contribution in [0, 0.1) is 5.41 Å². The number of nitrogens with one attached hydrogen (secondary N) is 1. The highest BCUT2D eigenvalue weighted by Gasteiger charge is 2.18. The van der Waals surface area contributed by atoms with Crippen molar-refractivity contribution < 1.29 is 14.6 Å². The lowest BCUT2D eigenvalue weighted by atomic mass is 9.87. The third-order valence-electron chi connectivity index (χ3n) is 2.78. The first kappa shape index (κ1) is 16.3. The largest absolute Gasteiger partial charge is 0.504 e. The summed E-state index contributed by atoms with van der Waals surface area (Å²) < 4.78 is 4.94. The van der Waals surface area contributed by atoms with E-state index in [1.165, 1.54) is 13.2 Å². The van der Waals surface area contributed by atoms with E-state index >= 15 is 0 Å². The molecule has 0 aromatic heterocycles. The fourth-order valence-corrected chi connectivity index (χ4v) is 2.08. The Balaban J connectivity index is 2.56. The molecule has 0 fully saturated rings. The molecule has 0 saturated carbocycles. The summed E-state index contributed by atoms with van der Waals surface area (Å²) in [5.41, 5.74) is 6.58. The van der Waals surface area contributed by atoms with Crippen LogP contribution in [0.2, 0.25) is 0 Å². The lowest BCUT2D eigenvalue weighted by Crippen LogP contribution is -2.31. The van der Waals surface area contributed by atoms with Crippen molar-refractivity contribution in [3.8, 4) is 11.5 Å². The monoisotopic (exact) mass is 280 g/mol. The van der Waals surface area contributed by atoms with Crippen molar-refractivity contribution in [3.05, 3.63) is 18.2 Å². The van der Waals surface area contributed by atoms with Crippen LogP contribution in [0.4, 0.5) is 5.69 Å². The van der Waals surface area contributed by atoms with Crippen LogP contribution in [-0.4, -0.2) is 24.2 Å². The summed E-state index contributed by atoms with van der Waals surface area (Å²) >= 11 is 0. The minimum absolute atomic E-state index is 0.00992. The van der Waals surface area contributed by atoms with Gasteiger partial charge in [-0.25, -0.2) is 0 Å². The zero-order valence-corrected chi connectivity index (χ0v) is 12.6. The average Bonchev–Trinajstić information content (AvgIpc) is 2.25. The van der Waals surface area contributed by atoms with Gasteiger partial charge in [0.25, 0.3) is 0 Å². The van der Waals surface area contributed by atoms with Gasteiger partial charge in [-0.2, -0.15) is 0 Å². The minimum atomic E-state index is -0.179. The van der Waals surface area contributed by atoms with E-state index in [4.69, 9.17) is 10.5 Å². The maximum Gasteiger partial charge on any atom is 0.225 e. The molecule has 0 bridgehead atoms. The van der Waals surface area contributed by atoms with Crippen molar-refractivity contribution in [2.24, 2.45) is 11.1 Å². The molecule has 0 aliphatic carbocycles. The maximum atomic E-state index is 11.9. The highest BCUT2D eigenvalue weighted by atomic mass is 16.5. The van der Waals surface area contributed by atoms with Crippen LogP contribution in [0.3, 0.4) is 0 Å². The zero-order valence-electron chi connectivity index (χ0n) is 12.6. The van der Waals surface area contributed by atoms with Crippen LogP contribution in [-0.2, 0) is 4.79 Å². The first-order valence-corrected chi connectivity index (χ1v) is 6.64. The van der Waals surface area contributed by atoms with Gasteiger partial charge in [0.1, 0.15) is 0 Å². The minimum Gasteiger partial charge on any atom is -0.504 e. The molecule has 0 radical (unpaired) electrons. The number of methoxy groups -OCH3 is 1. The van der Waals surface area contributed by atoms with Crippen molar-refractivity contribution in [2.45, 2.75) is 39.7 Å². The number of benzene rings is 1. The van der Waals surface area contributed by atoms with E-state index in [0.717, 1.165) is 6.42 Å². The average molecular weight is 280 g/mol. The normalized spacial score (nSPS) is 12.8. The van der Waals surface area contributed by atoms with Crippen molar-refractivity contribution in [2.75, 3.05) is 12.4 Å². The molecular formula is C15H24N2O3. The SMILES string of the molecule is COc1ccc(NC(=O)CC(N)CC(C)(C)C)cc1O. The zero-order chi connectivity index (χ0) is 15.3. The standard InChI is InChI=1S/C15H24N2O3/c1-15(2,3)9-10(16)7-14(19)17-11-5-6-13(20-4)12(18)8-11/h5-6,8,10,18H,7,9,16H2,1-4H3,(H,17,19). The van der Waals surface area contributed by atoms with Crippen LogP contribution in [0.1, 0.15) is 33.6 Å². The first-order chi connectivity index (χ1) is 9.21. The number of anilines is 1. The second-order valence-corrected chi connectivity index (χ2v) is 6.16. The van der Waals surface area contributed by atoms with Gasteiger partial charge in [-0.3, -0.25) is 4.79 Å². The highest BCUT2D eigenvalue weighted by Crippen LogP contribution is 2.28. The Morgan fingerprint density at radius 3 is 2.60 bits per heavy atom. The van der Waals surface area contributed by atoms with Crippen molar-refractivity contribution >= 4 is 11.6 Å². The number of hydrogen-bond acceptors (Lipinski definition) is 4. The molecule has 1 unspecified atom stereocenters. The van der Waals surface area contributed by atoms with Gasteiger partial charge in [0.2, 0.25) is 5.91 Å². The molecule has 0 aliphatic rings. The lowest BCUT2D eigenvalue weighted by Gasteiger charge is -2.22. The summed E-state index contributed by atoms with van der Waals surface area (Å²) in [5.74, 6) is 0.197. The Labute approximate surface area is 120 Å². The summed E-state index contributed by atoms with van der Waals surface area (Å²) in [6.45, 7) is 6.27. The smallest absolute Gasteiger partial charge is 0.225 e. The second kappa shape index (κ2) is 6.61. The van der Waals surface area contributed by atoms with Gasteiger partial charge in [0.15, 0.2) is 11.5 Å². The summed E-state index contributed by atoms with van der Waals surface area (Å²) in [4.78, 5) is 11.9. The van der Waals surface area contributed by atoms with Crippen LogP contribution < -0.4 is 15.8 Å². The van der Waals surface area contributed by atoms with Crippen LogP contribution in [0.25, 0.3) is 0 Å². The predicted octanol–water partition coefficient (Wildman–Crippen LogP) is 2.49. The lowest BCUT2D eigenvalue weighted by molar-refractivity contribution is -0.116. The number of hydrogen-bond donors (Lipinski definition) is 3. The number of amides is 1. The number of rotatable bonds is 5. The number of carbonyl (C=O) groups is 1. The Morgan fingerprint density at radius 1 is 1.45 bits per heavy atom. The fraction of sp³-hybridized carbons (Fsp3) is 0.533. The van der Waals surface area contributed by atoms with E-state index in [2.05, 4.69) is 26.1 Å². The summed E-state index contributed by atoms with van der Waals surface area (Å²) in [6, 6.07) is 4.54. The van der Waals surface area contributed by atoms with Crippen LogP contribution >= 0.6 is 0 Å². The first-order valence-electron chi connectivity index (χ1n) is 6.64. The quantitative estimate of drug-likeness (QED) is 0.773. The summed E-state index contributed by atoms with van der Waals surface area (Å²) in [5, 5.41) is 12.4. The molecular weight excluding hydrogens is 256 g/mol.